The van der Waals surface area contributed by atoms with E-state index < -0.39 is 15.8 Å². The van der Waals surface area contributed by atoms with E-state index in [0.29, 0.717) is 22.6 Å². The molecule has 0 unspecified atom stereocenters. The minimum atomic E-state index is -3.55. The summed E-state index contributed by atoms with van der Waals surface area (Å²) in [6.07, 6.45) is 1.17. The average Bonchev–Trinajstić information content (AvgIpc) is 3.30. The van der Waals surface area contributed by atoms with Crippen LogP contribution in [0.15, 0.2) is 48.7 Å². The summed E-state index contributed by atoms with van der Waals surface area (Å²) in [4.78, 5) is 15.9. The van der Waals surface area contributed by atoms with Crippen molar-refractivity contribution in [3.05, 3.63) is 65.9 Å². The van der Waals surface area contributed by atoms with Crippen molar-refractivity contribution in [2.75, 3.05) is 55.3 Å². The summed E-state index contributed by atoms with van der Waals surface area (Å²) in [5.41, 5.74) is 2.11. The number of H-pyrrole nitrogens is 1. The van der Waals surface area contributed by atoms with Gasteiger partial charge in [-0.05, 0) is 43.4 Å². The molecule has 206 valence electrons. The number of anilines is 5. The van der Waals surface area contributed by atoms with E-state index in [2.05, 4.69) is 42.1 Å². The summed E-state index contributed by atoms with van der Waals surface area (Å²) in [6, 6.07) is 11.6. The molecule has 1 saturated heterocycles. The maximum Gasteiger partial charge on any atom is 0.231 e. The quantitative estimate of drug-likeness (QED) is 0.245. The number of rotatable bonds is 9. The lowest BCUT2D eigenvalue weighted by molar-refractivity contribution is 0.270. The van der Waals surface area contributed by atoms with Crippen molar-refractivity contribution in [2.24, 2.45) is 0 Å². The molecule has 0 saturated carbocycles. The fourth-order valence-electron chi connectivity index (χ4n) is 4.59. The molecule has 0 bridgehead atoms. The lowest BCUT2D eigenvalue weighted by Gasteiger charge is -2.35. The Morgan fingerprint density at radius 2 is 1.77 bits per heavy atom. The molecule has 0 spiro atoms. The van der Waals surface area contributed by atoms with Crippen LogP contribution < -0.4 is 20.3 Å². The van der Waals surface area contributed by atoms with Crippen molar-refractivity contribution in [1.29, 1.82) is 0 Å². The Bertz CT molecular complexity index is 1590. The van der Waals surface area contributed by atoms with Gasteiger partial charge in [-0.15, -0.1) is 0 Å². The smallest absolute Gasteiger partial charge is 0.231 e. The Hall–Kier alpha value is -3.81. The number of halogens is 2. The van der Waals surface area contributed by atoms with Crippen molar-refractivity contribution < 1.29 is 17.2 Å². The van der Waals surface area contributed by atoms with E-state index in [9.17, 15) is 12.8 Å². The van der Waals surface area contributed by atoms with E-state index >= 15 is 4.39 Å². The van der Waals surface area contributed by atoms with Crippen LogP contribution in [-0.2, 0) is 15.8 Å². The summed E-state index contributed by atoms with van der Waals surface area (Å²) in [7, 11) is -2.21. The number of nitrogens with one attached hydrogen (secondary N) is 4. The molecule has 0 amide bonds. The molecule has 3 heterocycles. The molecule has 0 radical (unpaired) electrons. The molecule has 2 aromatic carbocycles. The summed E-state index contributed by atoms with van der Waals surface area (Å²) >= 11 is 0. The van der Waals surface area contributed by atoms with Gasteiger partial charge in [0.2, 0.25) is 16.0 Å². The predicted octanol–water partition coefficient (Wildman–Crippen LogP) is 3.91. The maximum atomic E-state index is 15.1. The number of aromatic amines is 1. The lowest BCUT2D eigenvalue weighted by Crippen LogP contribution is -2.46. The highest BCUT2D eigenvalue weighted by atomic mass is 32.2. The fraction of sp³-hybridized carbons (Fsp3) is 0.308. The minimum absolute atomic E-state index is 0.107. The molecule has 5 rings (SSSR count). The molecule has 10 nitrogen and oxygen atoms in total. The number of para-hydroxylation sites is 1. The highest BCUT2D eigenvalue weighted by molar-refractivity contribution is 7.88. The van der Waals surface area contributed by atoms with Gasteiger partial charge in [-0.3, -0.25) is 0 Å². The van der Waals surface area contributed by atoms with Crippen LogP contribution in [-0.4, -0.2) is 68.0 Å². The third-order valence-corrected chi connectivity index (χ3v) is 8.09. The van der Waals surface area contributed by atoms with E-state index in [4.69, 9.17) is 0 Å². The van der Waals surface area contributed by atoms with E-state index in [0.717, 1.165) is 32.7 Å². The van der Waals surface area contributed by atoms with Gasteiger partial charge in [-0.25, -0.2) is 21.9 Å². The van der Waals surface area contributed by atoms with Crippen LogP contribution in [0.3, 0.4) is 0 Å². The third-order valence-electron chi connectivity index (χ3n) is 6.77. The van der Waals surface area contributed by atoms with Crippen molar-refractivity contribution in [3.63, 3.8) is 0 Å². The zero-order valence-corrected chi connectivity index (χ0v) is 22.4. The minimum Gasteiger partial charge on any atom is -0.367 e. The highest BCUT2D eigenvalue weighted by Gasteiger charge is 2.20. The highest BCUT2D eigenvalue weighted by Crippen LogP contribution is 2.31. The van der Waals surface area contributed by atoms with Crippen LogP contribution in [0.4, 0.5) is 37.6 Å². The lowest BCUT2D eigenvalue weighted by atomic mass is 10.2. The largest absolute Gasteiger partial charge is 0.367 e. The predicted molar refractivity (Wildman–Crippen MR) is 149 cm³/mol. The standard InChI is InChI=1S/C26H30F2N8O2S/c1-3-35-10-12-36(13-11-35)22-9-8-18(14-19(22)27)31-26-33-24-23(20(28)15-30-24)25(34-26)32-21-7-5-4-6-17(21)16-39(37,38)29-2/h4-9,14-15,29H,3,10-13,16H2,1-2H3,(H3,30,31,32,33,34). The molecular weight excluding hydrogens is 526 g/mol. The number of benzene rings is 2. The molecule has 1 fully saturated rings. The molecule has 0 aliphatic carbocycles. The van der Waals surface area contributed by atoms with Gasteiger partial charge in [0.15, 0.2) is 5.82 Å². The molecule has 1 aliphatic heterocycles. The third kappa shape index (κ3) is 5.95. The molecular formula is C26H30F2N8O2S. The first kappa shape index (κ1) is 26.8. The van der Waals surface area contributed by atoms with Crippen molar-refractivity contribution in [2.45, 2.75) is 12.7 Å². The summed E-state index contributed by atoms with van der Waals surface area (Å²) in [5, 5.41) is 6.17. The average molecular weight is 557 g/mol. The van der Waals surface area contributed by atoms with Crippen molar-refractivity contribution >= 4 is 49.9 Å². The monoisotopic (exact) mass is 556 g/mol. The first-order valence-electron chi connectivity index (χ1n) is 12.6. The Kier molecular flexibility index (Phi) is 7.64. The number of fused-ring (bicyclic) bond motifs is 1. The summed E-state index contributed by atoms with van der Waals surface area (Å²) in [6.45, 7) is 6.37. The number of likely N-dealkylation sites (N-methyl/N-ethyl adjacent to an activating group) is 1. The van der Waals surface area contributed by atoms with Crippen molar-refractivity contribution in [1.82, 2.24) is 24.6 Å². The van der Waals surface area contributed by atoms with Gasteiger partial charge in [0.1, 0.15) is 17.3 Å². The zero-order chi connectivity index (χ0) is 27.6. The SMILES string of the molecule is CCN1CCN(c2ccc(Nc3nc(Nc4ccccc4CS(=O)(=O)NC)c4c(F)c[nH]c4n3)cc2F)CC1. The Labute approximate surface area is 225 Å². The Morgan fingerprint density at radius 1 is 1.00 bits per heavy atom. The molecule has 0 atom stereocenters. The Balaban J connectivity index is 1.42. The number of sulfonamides is 1. The van der Waals surface area contributed by atoms with Crippen molar-refractivity contribution in [3.8, 4) is 0 Å². The number of piperazine rings is 1. The van der Waals surface area contributed by atoms with Gasteiger partial charge < -0.3 is 25.4 Å². The van der Waals surface area contributed by atoms with Gasteiger partial charge in [-0.1, -0.05) is 25.1 Å². The molecule has 2 aromatic heterocycles. The van der Waals surface area contributed by atoms with Gasteiger partial charge in [0, 0.05) is 43.8 Å². The van der Waals surface area contributed by atoms with Crippen LogP contribution in [0.5, 0.6) is 0 Å². The normalized spacial score (nSPS) is 14.6. The first-order valence-corrected chi connectivity index (χ1v) is 14.3. The van der Waals surface area contributed by atoms with Crippen LogP contribution in [0.1, 0.15) is 12.5 Å². The van der Waals surface area contributed by atoms with Gasteiger partial charge in [-0.2, -0.15) is 9.97 Å². The van der Waals surface area contributed by atoms with Crippen LogP contribution in [0.25, 0.3) is 11.0 Å². The zero-order valence-electron chi connectivity index (χ0n) is 21.6. The van der Waals surface area contributed by atoms with Gasteiger partial charge in [0.25, 0.3) is 0 Å². The number of hydrogen-bond donors (Lipinski definition) is 4. The second-order valence-electron chi connectivity index (χ2n) is 9.21. The Morgan fingerprint density at radius 3 is 2.49 bits per heavy atom. The maximum absolute atomic E-state index is 15.1. The van der Waals surface area contributed by atoms with E-state index in [1.54, 1.807) is 36.4 Å². The molecule has 13 heteroatoms. The van der Waals surface area contributed by atoms with Gasteiger partial charge >= 0.3 is 0 Å². The van der Waals surface area contributed by atoms with E-state index in [1.807, 2.05) is 4.90 Å². The summed E-state index contributed by atoms with van der Waals surface area (Å²) < 4.78 is 56.4. The number of hydrogen-bond acceptors (Lipinski definition) is 8. The first-order chi connectivity index (χ1) is 18.8. The topological polar surface area (TPSA) is 118 Å². The van der Waals surface area contributed by atoms with Crippen LogP contribution in [0, 0.1) is 11.6 Å². The fourth-order valence-corrected chi connectivity index (χ4v) is 5.39. The molecule has 4 N–H and O–H groups in total. The number of nitrogens with zero attached hydrogens (tertiary/aromatic N) is 4. The second-order valence-corrected chi connectivity index (χ2v) is 11.1. The van der Waals surface area contributed by atoms with Crippen LogP contribution >= 0.6 is 0 Å². The van der Waals surface area contributed by atoms with E-state index in [-0.39, 0.29) is 34.4 Å². The summed E-state index contributed by atoms with van der Waals surface area (Å²) in [5.74, 6) is -0.981. The van der Waals surface area contributed by atoms with E-state index in [1.165, 1.54) is 19.3 Å². The second kappa shape index (κ2) is 11.1. The molecule has 4 aromatic rings. The molecule has 1 aliphatic rings. The number of aromatic nitrogens is 3. The van der Waals surface area contributed by atoms with Gasteiger partial charge in [0.05, 0.1) is 16.8 Å². The molecule has 39 heavy (non-hydrogen) atoms. The van der Waals surface area contributed by atoms with Crippen LogP contribution in [0.2, 0.25) is 0 Å².